The average Bonchev–Trinajstić information content (AvgIpc) is 2.13. The third-order valence-corrected chi connectivity index (χ3v) is 2.03. The Balaban J connectivity index is 4.23. The van der Waals surface area contributed by atoms with Gasteiger partial charge in [0.2, 0.25) is 0 Å². The molecule has 0 aromatic rings. The van der Waals surface area contributed by atoms with Crippen LogP contribution >= 0.6 is 0 Å². The van der Waals surface area contributed by atoms with Crippen molar-refractivity contribution in [3.05, 3.63) is 0 Å². The van der Waals surface area contributed by atoms with Crippen molar-refractivity contribution in [3.8, 4) is 0 Å². The average molecular weight is 203 g/mol. The van der Waals surface area contributed by atoms with E-state index in [1.807, 2.05) is 6.92 Å². The van der Waals surface area contributed by atoms with Gasteiger partial charge in [-0.25, -0.2) is 9.59 Å². The van der Waals surface area contributed by atoms with Gasteiger partial charge in [0, 0.05) is 0 Å². The fourth-order valence-corrected chi connectivity index (χ4v) is 0.983. The van der Waals surface area contributed by atoms with Gasteiger partial charge in [-0.2, -0.15) is 0 Å². The van der Waals surface area contributed by atoms with Crippen molar-refractivity contribution in [1.82, 2.24) is 5.32 Å². The van der Waals surface area contributed by atoms with Gasteiger partial charge in [-0.05, 0) is 12.8 Å². The molecule has 2 N–H and O–H groups in total. The van der Waals surface area contributed by atoms with E-state index < -0.39 is 18.1 Å². The maximum atomic E-state index is 11.0. The number of carbonyl (C=O) groups is 2. The van der Waals surface area contributed by atoms with Crippen LogP contribution in [0.5, 0.6) is 0 Å². The molecular formula is C9H17NO4. The van der Waals surface area contributed by atoms with Gasteiger partial charge in [0.15, 0.2) is 0 Å². The summed E-state index contributed by atoms with van der Waals surface area (Å²) in [5.74, 6) is -1.15. The van der Waals surface area contributed by atoms with E-state index in [2.05, 4.69) is 10.1 Å². The highest BCUT2D eigenvalue weighted by Gasteiger charge is 2.25. The van der Waals surface area contributed by atoms with Crippen molar-refractivity contribution in [3.63, 3.8) is 0 Å². The lowest BCUT2D eigenvalue weighted by molar-refractivity contribution is -0.140. The molecule has 0 saturated heterocycles. The maximum Gasteiger partial charge on any atom is 0.407 e. The molecule has 14 heavy (non-hydrogen) atoms. The first-order valence-corrected chi connectivity index (χ1v) is 4.69. The molecule has 5 heteroatoms. The predicted octanol–water partition coefficient (Wildman–Crippen LogP) is 1.23. The summed E-state index contributed by atoms with van der Waals surface area (Å²) in [6.45, 7) is 5.54. The molecule has 5 nitrogen and oxygen atoms in total. The summed E-state index contributed by atoms with van der Waals surface area (Å²) in [5.41, 5.74) is 0. The molecule has 0 fully saturated rings. The van der Waals surface area contributed by atoms with Crippen molar-refractivity contribution in [2.75, 3.05) is 6.61 Å². The minimum absolute atomic E-state index is 0.114. The Morgan fingerprint density at radius 3 is 2.36 bits per heavy atom. The van der Waals surface area contributed by atoms with Crippen molar-refractivity contribution in [2.45, 2.75) is 33.2 Å². The summed E-state index contributed by atoms with van der Waals surface area (Å²) in [6, 6.07) is -0.876. The van der Waals surface area contributed by atoms with Gasteiger partial charge in [-0.15, -0.1) is 0 Å². The number of ether oxygens (including phenoxy) is 1. The highest BCUT2D eigenvalue weighted by Crippen LogP contribution is 2.07. The predicted molar refractivity (Wildman–Crippen MR) is 51.0 cm³/mol. The molecule has 0 saturated carbocycles. The smallest absolute Gasteiger partial charge is 0.407 e. The van der Waals surface area contributed by atoms with Gasteiger partial charge >= 0.3 is 12.1 Å². The molecular weight excluding hydrogens is 186 g/mol. The van der Waals surface area contributed by atoms with Crippen LogP contribution < -0.4 is 5.32 Å². The number of carbonyl (C=O) groups excluding carboxylic acids is 1. The molecule has 82 valence electrons. The number of amides is 1. The first-order chi connectivity index (χ1) is 6.52. The van der Waals surface area contributed by atoms with E-state index in [-0.39, 0.29) is 12.5 Å². The molecule has 0 bridgehead atoms. The minimum Gasteiger partial charge on any atom is -0.480 e. The fourth-order valence-electron chi connectivity index (χ4n) is 0.983. The Labute approximate surface area is 83.4 Å². The lowest BCUT2D eigenvalue weighted by Gasteiger charge is -2.19. The lowest BCUT2D eigenvalue weighted by atomic mass is 10.00. The standard InChI is InChI=1S/C9H17NO4/c1-4-6(3)7(8(11)12)10-9(13)14-5-2/h6-7H,4-5H2,1-3H3,(H,10,13)(H,11,12)/t6?,7-/m0/s1. The van der Waals surface area contributed by atoms with Crippen LogP contribution in [0.15, 0.2) is 0 Å². The molecule has 2 atom stereocenters. The van der Waals surface area contributed by atoms with E-state index >= 15 is 0 Å². The molecule has 0 rings (SSSR count). The summed E-state index contributed by atoms with van der Waals surface area (Å²) in [7, 11) is 0. The SMILES string of the molecule is CCOC(=O)N[C@H](C(=O)O)C(C)CC. The Hall–Kier alpha value is -1.26. The molecule has 0 aliphatic rings. The van der Waals surface area contributed by atoms with E-state index in [0.29, 0.717) is 6.42 Å². The third kappa shape index (κ3) is 4.11. The van der Waals surface area contributed by atoms with E-state index in [0.717, 1.165) is 0 Å². The number of nitrogens with one attached hydrogen (secondary N) is 1. The Kier molecular flexibility index (Phi) is 5.67. The van der Waals surface area contributed by atoms with E-state index in [1.165, 1.54) is 0 Å². The highest BCUT2D eigenvalue weighted by atomic mass is 16.5. The molecule has 0 aromatic carbocycles. The summed E-state index contributed by atoms with van der Waals surface area (Å²) in [6.07, 6.45) is 0.00353. The maximum absolute atomic E-state index is 11.0. The topological polar surface area (TPSA) is 75.6 Å². The van der Waals surface area contributed by atoms with Crippen molar-refractivity contribution < 1.29 is 19.4 Å². The molecule has 0 radical (unpaired) electrons. The number of rotatable bonds is 5. The number of alkyl carbamates (subject to hydrolysis) is 1. The van der Waals surface area contributed by atoms with Gasteiger partial charge in [0.1, 0.15) is 6.04 Å². The van der Waals surface area contributed by atoms with Crippen molar-refractivity contribution in [2.24, 2.45) is 5.92 Å². The van der Waals surface area contributed by atoms with Crippen LogP contribution in [0.3, 0.4) is 0 Å². The normalized spacial score (nSPS) is 14.2. The van der Waals surface area contributed by atoms with Crippen LogP contribution in [0, 0.1) is 5.92 Å². The monoisotopic (exact) mass is 203 g/mol. The summed E-state index contributed by atoms with van der Waals surface area (Å²) in [5, 5.41) is 11.1. The molecule has 0 aliphatic carbocycles. The van der Waals surface area contributed by atoms with Crippen LogP contribution in [-0.2, 0) is 9.53 Å². The molecule has 0 heterocycles. The second-order valence-corrected chi connectivity index (χ2v) is 3.07. The third-order valence-electron chi connectivity index (χ3n) is 2.03. The largest absolute Gasteiger partial charge is 0.480 e. The number of carboxylic acids is 1. The zero-order valence-electron chi connectivity index (χ0n) is 8.74. The van der Waals surface area contributed by atoms with Gasteiger partial charge in [0.25, 0.3) is 0 Å². The molecule has 0 aliphatic heterocycles. The lowest BCUT2D eigenvalue weighted by Crippen LogP contribution is -2.45. The number of carboxylic acid groups (broad SMARTS) is 1. The Morgan fingerprint density at radius 1 is 1.43 bits per heavy atom. The molecule has 1 unspecified atom stereocenters. The van der Waals surface area contributed by atoms with Crippen LogP contribution in [0.2, 0.25) is 0 Å². The van der Waals surface area contributed by atoms with E-state index in [9.17, 15) is 9.59 Å². The first-order valence-electron chi connectivity index (χ1n) is 4.69. The number of hydrogen-bond acceptors (Lipinski definition) is 3. The highest BCUT2D eigenvalue weighted by molar-refractivity contribution is 5.80. The van der Waals surface area contributed by atoms with Crippen molar-refractivity contribution in [1.29, 1.82) is 0 Å². The quantitative estimate of drug-likeness (QED) is 0.704. The van der Waals surface area contributed by atoms with Crippen LogP contribution in [-0.4, -0.2) is 29.8 Å². The van der Waals surface area contributed by atoms with E-state index in [1.54, 1.807) is 13.8 Å². The number of hydrogen-bond donors (Lipinski definition) is 2. The summed E-state index contributed by atoms with van der Waals surface area (Å²) in [4.78, 5) is 21.8. The summed E-state index contributed by atoms with van der Waals surface area (Å²) >= 11 is 0. The van der Waals surface area contributed by atoms with Gasteiger partial charge in [-0.3, -0.25) is 0 Å². The first kappa shape index (κ1) is 12.7. The molecule has 1 amide bonds. The van der Waals surface area contributed by atoms with Crippen molar-refractivity contribution >= 4 is 12.1 Å². The minimum atomic E-state index is -1.03. The van der Waals surface area contributed by atoms with Gasteiger partial charge in [-0.1, -0.05) is 20.3 Å². The van der Waals surface area contributed by atoms with Crippen LogP contribution in [0.4, 0.5) is 4.79 Å². The number of aliphatic carboxylic acids is 1. The van der Waals surface area contributed by atoms with Crippen LogP contribution in [0.25, 0.3) is 0 Å². The van der Waals surface area contributed by atoms with E-state index in [4.69, 9.17) is 5.11 Å². The van der Waals surface area contributed by atoms with Crippen LogP contribution in [0.1, 0.15) is 27.2 Å². The molecule has 0 spiro atoms. The second kappa shape index (κ2) is 6.23. The molecule has 0 aromatic heterocycles. The zero-order chi connectivity index (χ0) is 11.1. The second-order valence-electron chi connectivity index (χ2n) is 3.07. The Morgan fingerprint density at radius 2 is 2.00 bits per heavy atom. The fraction of sp³-hybridized carbons (Fsp3) is 0.778. The van der Waals surface area contributed by atoms with Gasteiger partial charge in [0.05, 0.1) is 6.61 Å². The Bertz CT molecular complexity index is 205. The zero-order valence-corrected chi connectivity index (χ0v) is 8.74. The summed E-state index contributed by atoms with van der Waals surface area (Å²) < 4.78 is 4.60. The van der Waals surface area contributed by atoms with Gasteiger partial charge < -0.3 is 15.2 Å².